The molecular weight excluding hydrogens is 233 g/mol. The molecule has 2 aromatic rings. The normalized spacial score (nSPS) is 10.7. The van der Waals surface area contributed by atoms with E-state index < -0.39 is 11.8 Å². The van der Waals surface area contributed by atoms with Crippen LogP contribution in [0.5, 0.6) is 0 Å². The van der Waals surface area contributed by atoms with Gasteiger partial charge in [-0.3, -0.25) is 0 Å². The number of fused-ring (bicyclic) bond motifs is 1. The van der Waals surface area contributed by atoms with Gasteiger partial charge in [-0.25, -0.2) is 9.18 Å². The van der Waals surface area contributed by atoms with Gasteiger partial charge in [0.15, 0.2) is 5.82 Å². The standard InChI is InChI=1S/C11H9ClFNO2/c1-2-16-11(15)8-5-6-3-4-7(12)9(13)10(6)14-8/h3-5,14H,2H2,1H3. The van der Waals surface area contributed by atoms with Crippen LogP contribution in [0, 0.1) is 5.82 Å². The van der Waals surface area contributed by atoms with E-state index in [1.165, 1.54) is 12.1 Å². The topological polar surface area (TPSA) is 42.1 Å². The number of aromatic nitrogens is 1. The van der Waals surface area contributed by atoms with Crippen molar-refractivity contribution in [1.29, 1.82) is 0 Å². The van der Waals surface area contributed by atoms with E-state index in [1.54, 1.807) is 13.0 Å². The van der Waals surface area contributed by atoms with Crippen molar-refractivity contribution in [3.8, 4) is 0 Å². The molecule has 1 aromatic carbocycles. The number of hydrogen-bond acceptors (Lipinski definition) is 2. The Morgan fingerprint density at radius 2 is 2.31 bits per heavy atom. The van der Waals surface area contributed by atoms with Crippen molar-refractivity contribution < 1.29 is 13.9 Å². The maximum Gasteiger partial charge on any atom is 0.354 e. The summed E-state index contributed by atoms with van der Waals surface area (Å²) >= 11 is 5.63. The van der Waals surface area contributed by atoms with Gasteiger partial charge in [0.2, 0.25) is 0 Å². The molecule has 0 aliphatic heterocycles. The fourth-order valence-corrected chi connectivity index (χ4v) is 1.62. The number of hydrogen-bond donors (Lipinski definition) is 1. The van der Waals surface area contributed by atoms with Crippen LogP contribution in [0.25, 0.3) is 10.9 Å². The van der Waals surface area contributed by atoms with Crippen LogP contribution in [0.15, 0.2) is 18.2 Å². The second-order valence-electron chi connectivity index (χ2n) is 3.23. The third-order valence-corrected chi connectivity index (χ3v) is 2.47. The number of aromatic amines is 1. The second-order valence-corrected chi connectivity index (χ2v) is 3.64. The summed E-state index contributed by atoms with van der Waals surface area (Å²) in [6.07, 6.45) is 0. The number of rotatable bonds is 2. The molecule has 0 radical (unpaired) electrons. The zero-order valence-corrected chi connectivity index (χ0v) is 9.27. The Morgan fingerprint density at radius 1 is 1.56 bits per heavy atom. The van der Waals surface area contributed by atoms with E-state index in [0.717, 1.165) is 0 Å². The summed E-state index contributed by atoms with van der Waals surface area (Å²) < 4.78 is 18.3. The van der Waals surface area contributed by atoms with Crippen LogP contribution in [0.3, 0.4) is 0 Å². The van der Waals surface area contributed by atoms with E-state index in [0.29, 0.717) is 5.39 Å². The molecule has 2 rings (SSSR count). The van der Waals surface area contributed by atoms with E-state index in [1.807, 2.05) is 0 Å². The lowest BCUT2D eigenvalue weighted by Crippen LogP contribution is -2.04. The molecule has 0 amide bonds. The molecule has 5 heteroatoms. The number of nitrogens with one attached hydrogen (secondary N) is 1. The molecule has 0 bridgehead atoms. The van der Waals surface area contributed by atoms with Crippen molar-refractivity contribution in [2.75, 3.05) is 6.61 Å². The van der Waals surface area contributed by atoms with Crippen molar-refractivity contribution in [3.05, 3.63) is 34.7 Å². The number of ether oxygens (including phenoxy) is 1. The first kappa shape index (κ1) is 11.0. The lowest BCUT2D eigenvalue weighted by molar-refractivity contribution is 0.0520. The molecule has 0 saturated carbocycles. The molecular formula is C11H9ClFNO2. The molecule has 1 aromatic heterocycles. The largest absolute Gasteiger partial charge is 0.461 e. The van der Waals surface area contributed by atoms with Gasteiger partial charge in [0, 0.05) is 5.39 Å². The highest BCUT2D eigenvalue weighted by molar-refractivity contribution is 6.31. The summed E-state index contributed by atoms with van der Waals surface area (Å²) in [5.41, 5.74) is 0.438. The van der Waals surface area contributed by atoms with E-state index in [-0.39, 0.29) is 22.8 Å². The molecule has 16 heavy (non-hydrogen) atoms. The van der Waals surface area contributed by atoms with E-state index in [2.05, 4.69) is 4.98 Å². The minimum Gasteiger partial charge on any atom is -0.461 e. The van der Waals surface area contributed by atoms with Crippen LogP contribution in [-0.4, -0.2) is 17.6 Å². The first-order valence-electron chi connectivity index (χ1n) is 4.77. The van der Waals surface area contributed by atoms with Crippen LogP contribution < -0.4 is 0 Å². The summed E-state index contributed by atoms with van der Waals surface area (Å²) in [5, 5.41) is 0.606. The van der Waals surface area contributed by atoms with Crippen LogP contribution in [-0.2, 0) is 4.74 Å². The molecule has 0 spiro atoms. The number of esters is 1. The second kappa shape index (κ2) is 4.14. The maximum absolute atomic E-state index is 13.5. The zero-order valence-electron chi connectivity index (χ0n) is 8.51. The summed E-state index contributed by atoms with van der Waals surface area (Å²) in [6, 6.07) is 4.62. The fourth-order valence-electron chi connectivity index (χ4n) is 1.46. The number of carbonyl (C=O) groups is 1. The molecule has 1 heterocycles. The average molecular weight is 242 g/mol. The SMILES string of the molecule is CCOC(=O)c1cc2ccc(Cl)c(F)c2[nH]1. The first-order chi connectivity index (χ1) is 7.63. The Labute approximate surface area is 96.2 Å². The van der Waals surface area contributed by atoms with Crippen molar-refractivity contribution >= 4 is 28.5 Å². The highest BCUT2D eigenvalue weighted by atomic mass is 35.5. The Kier molecular flexibility index (Phi) is 2.83. The van der Waals surface area contributed by atoms with Gasteiger partial charge in [0.05, 0.1) is 17.1 Å². The Balaban J connectivity index is 2.52. The summed E-state index contributed by atoms with van der Waals surface area (Å²) in [4.78, 5) is 14.1. The number of carbonyl (C=O) groups excluding carboxylic acids is 1. The van der Waals surface area contributed by atoms with Gasteiger partial charge in [-0.15, -0.1) is 0 Å². The molecule has 1 N–H and O–H groups in total. The quantitative estimate of drug-likeness (QED) is 0.821. The number of benzene rings is 1. The predicted octanol–water partition coefficient (Wildman–Crippen LogP) is 3.14. The van der Waals surface area contributed by atoms with Gasteiger partial charge in [0.25, 0.3) is 0 Å². The zero-order chi connectivity index (χ0) is 11.7. The van der Waals surface area contributed by atoms with E-state index in [9.17, 15) is 9.18 Å². The molecule has 0 fully saturated rings. The van der Waals surface area contributed by atoms with E-state index >= 15 is 0 Å². The van der Waals surface area contributed by atoms with Crippen LogP contribution >= 0.6 is 11.6 Å². The smallest absolute Gasteiger partial charge is 0.354 e. The van der Waals surface area contributed by atoms with Crippen molar-refractivity contribution in [2.45, 2.75) is 6.92 Å². The van der Waals surface area contributed by atoms with E-state index in [4.69, 9.17) is 16.3 Å². The minimum absolute atomic E-state index is 0.0183. The van der Waals surface area contributed by atoms with Gasteiger partial charge in [-0.05, 0) is 19.1 Å². The maximum atomic E-state index is 13.5. The summed E-state index contributed by atoms with van der Waals surface area (Å²) in [7, 11) is 0. The molecule has 0 saturated heterocycles. The fraction of sp³-hybridized carbons (Fsp3) is 0.182. The molecule has 0 aliphatic carbocycles. The Bertz CT molecular complexity index is 550. The first-order valence-corrected chi connectivity index (χ1v) is 5.15. The highest BCUT2D eigenvalue weighted by Crippen LogP contribution is 2.24. The molecule has 3 nitrogen and oxygen atoms in total. The number of H-pyrrole nitrogens is 1. The van der Waals surface area contributed by atoms with Gasteiger partial charge in [-0.1, -0.05) is 17.7 Å². The molecule has 0 unspecified atom stereocenters. The average Bonchev–Trinajstić information content (AvgIpc) is 2.69. The third kappa shape index (κ3) is 1.76. The van der Waals surface area contributed by atoms with Gasteiger partial charge in [0.1, 0.15) is 5.69 Å². The summed E-state index contributed by atoms with van der Waals surface area (Å²) in [6.45, 7) is 1.98. The molecule has 84 valence electrons. The van der Waals surface area contributed by atoms with Crippen LogP contribution in [0.1, 0.15) is 17.4 Å². The third-order valence-electron chi connectivity index (χ3n) is 2.18. The lowest BCUT2D eigenvalue weighted by atomic mass is 10.2. The van der Waals surface area contributed by atoms with Crippen molar-refractivity contribution in [1.82, 2.24) is 4.98 Å². The molecule has 0 aliphatic rings. The minimum atomic E-state index is -0.560. The van der Waals surface area contributed by atoms with Crippen molar-refractivity contribution in [3.63, 3.8) is 0 Å². The predicted molar refractivity (Wildman–Crippen MR) is 59.2 cm³/mol. The summed E-state index contributed by atoms with van der Waals surface area (Å²) in [5.74, 6) is -1.07. The van der Waals surface area contributed by atoms with Crippen molar-refractivity contribution in [2.24, 2.45) is 0 Å². The Morgan fingerprint density at radius 3 is 3.00 bits per heavy atom. The lowest BCUT2D eigenvalue weighted by Gasteiger charge is -1.97. The Hall–Kier alpha value is -1.55. The van der Waals surface area contributed by atoms with Gasteiger partial charge in [-0.2, -0.15) is 0 Å². The van der Waals surface area contributed by atoms with Gasteiger partial charge < -0.3 is 9.72 Å². The van der Waals surface area contributed by atoms with Gasteiger partial charge >= 0.3 is 5.97 Å². The molecule has 0 atom stereocenters. The highest BCUT2D eigenvalue weighted by Gasteiger charge is 2.13. The monoisotopic (exact) mass is 241 g/mol. The van der Waals surface area contributed by atoms with Crippen LogP contribution in [0.2, 0.25) is 5.02 Å². The van der Waals surface area contributed by atoms with Crippen LogP contribution in [0.4, 0.5) is 4.39 Å². The number of halogens is 2.